The van der Waals surface area contributed by atoms with Crippen molar-refractivity contribution in [3.63, 3.8) is 0 Å². The minimum atomic E-state index is -0.127. The zero-order valence-electron chi connectivity index (χ0n) is 6.00. The van der Waals surface area contributed by atoms with Crippen molar-refractivity contribution in [2.75, 3.05) is 6.54 Å². The molecule has 1 atom stereocenters. The molecule has 0 spiro atoms. The van der Waals surface area contributed by atoms with E-state index in [1.807, 2.05) is 12.1 Å². The van der Waals surface area contributed by atoms with E-state index in [1.165, 1.54) is 0 Å². The van der Waals surface area contributed by atoms with Crippen molar-refractivity contribution in [2.45, 2.75) is 6.04 Å². The SMILES string of the molecule is NCC(N)c1cccnc1Br. The molecule has 0 aliphatic rings. The van der Waals surface area contributed by atoms with Gasteiger partial charge < -0.3 is 11.5 Å². The van der Waals surface area contributed by atoms with Gasteiger partial charge in [-0.15, -0.1) is 0 Å². The lowest BCUT2D eigenvalue weighted by Gasteiger charge is -2.09. The van der Waals surface area contributed by atoms with Gasteiger partial charge in [0, 0.05) is 24.3 Å². The van der Waals surface area contributed by atoms with Crippen LogP contribution in [0.5, 0.6) is 0 Å². The van der Waals surface area contributed by atoms with Crippen LogP contribution in [0.25, 0.3) is 0 Å². The van der Waals surface area contributed by atoms with E-state index in [4.69, 9.17) is 11.5 Å². The molecule has 0 bridgehead atoms. The van der Waals surface area contributed by atoms with Gasteiger partial charge in [0.25, 0.3) is 0 Å². The van der Waals surface area contributed by atoms with Crippen LogP contribution in [0.2, 0.25) is 0 Å². The second-order valence-electron chi connectivity index (χ2n) is 2.23. The number of pyridine rings is 1. The van der Waals surface area contributed by atoms with Gasteiger partial charge in [0.2, 0.25) is 0 Å². The van der Waals surface area contributed by atoms with Crippen molar-refractivity contribution in [2.24, 2.45) is 11.5 Å². The van der Waals surface area contributed by atoms with Crippen molar-refractivity contribution < 1.29 is 0 Å². The molecule has 4 N–H and O–H groups in total. The quantitative estimate of drug-likeness (QED) is 0.718. The summed E-state index contributed by atoms with van der Waals surface area (Å²) < 4.78 is 0.776. The van der Waals surface area contributed by atoms with Crippen LogP contribution in [0, 0.1) is 0 Å². The van der Waals surface area contributed by atoms with Crippen molar-refractivity contribution in [1.82, 2.24) is 4.98 Å². The van der Waals surface area contributed by atoms with E-state index < -0.39 is 0 Å². The standard InChI is InChI=1S/C7H10BrN3/c8-7-5(6(10)4-9)2-1-3-11-7/h1-3,6H,4,9-10H2. The molecule has 1 unspecified atom stereocenters. The normalized spacial score (nSPS) is 13.0. The average Bonchev–Trinajstić information content (AvgIpc) is 2.04. The van der Waals surface area contributed by atoms with Gasteiger partial charge in [0.1, 0.15) is 4.60 Å². The Morgan fingerprint density at radius 2 is 2.36 bits per heavy atom. The third-order valence-corrected chi connectivity index (χ3v) is 2.10. The first-order chi connectivity index (χ1) is 5.25. The lowest BCUT2D eigenvalue weighted by molar-refractivity contribution is 0.728. The Kier molecular flexibility index (Phi) is 2.99. The number of aromatic nitrogens is 1. The summed E-state index contributed by atoms with van der Waals surface area (Å²) >= 11 is 3.29. The number of hydrogen-bond acceptors (Lipinski definition) is 3. The second kappa shape index (κ2) is 3.80. The highest BCUT2D eigenvalue weighted by Gasteiger charge is 2.06. The van der Waals surface area contributed by atoms with Gasteiger partial charge in [0.05, 0.1) is 0 Å². The predicted octanol–water partition coefficient (Wildman–Crippen LogP) is 0.803. The van der Waals surface area contributed by atoms with Crippen LogP contribution in [0.4, 0.5) is 0 Å². The Morgan fingerprint density at radius 1 is 1.64 bits per heavy atom. The number of hydrogen-bond donors (Lipinski definition) is 2. The van der Waals surface area contributed by atoms with E-state index >= 15 is 0 Å². The fraction of sp³-hybridized carbons (Fsp3) is 0.286. The third-order valence-electron chi connectivity index (χ3n) is 1.44. The first kappa shape index (κ1) is 8.64. The highest BCUT2D eigenvalue weighted by atomic mass is 79.9. The molecule has 0 saturated heterocycles. The van der Waals surface area contributed by atoms with Crippen LogP contribution < -0.4 is 11.5 Å². The maximum atomic E-state index is 5.70. The molecule has 1 rings (SSSR count). The monoisotopic (exact) mass is 215 g/mol. The first-order valence-electron chi connectivity index (χ1n) is 3.31. The molecule has 11 heavy (non-hydrogen) atoms. The first-order valence-corrected chi connectivity index (χ1v) is 4.11. The van der Waals surface area contributed by atoms with Crippen molar-refractivity contribution in [3.05, 3.63) is 28.5 Å². The van der Waals surface area contributed by atoms with Gasteiger partial charge in [-0.3, -0.25) is 0 Å². The molecular weight excluding hydrogens is 206 g/mol. The molecule has 3 nitrogen and oxygen atoms in total. The van der Waals surface area contributed by atoms with E-state index in [2.05, 4.69) is 20.9 Å². The van der Waals surface area contributed by atoms with Gasteiger partial charge in [0.15, 0.2) is 0 Å². The van der Waals surface area contributed by atoms with Gasteiger partial charge >= 0.3 is 0 Å². The van der Waals surface area contributed by atoms with Crippen molar-refractivity contribution in [3.8, 4) is 0 Å². The highest BCUT2D eigenvalue weighted by Crippen LogP contribution is 2.17. The summed E-state index contributed by atoms with van der Waals surface area (Å²) in [5.41, 5.74) is 12.1. The maximum absolute atomic E-state index is 5.70. The fourth-order valence-electron chi connectivity index (χ4n) is 0.802. The fourth-order valence-corrected chi connectivity index (χ4v) is 1.35. The third kappa shape index (κ3) is 1.99. The summed E-state index contributed by atoms with van der Waals surface area (Å²) in [7, 11) is 0. The molecule has 1 aromatic heterocycles. The molecule has 1 aromatic rings. The van der Waals surface area contributed by atoms with Crippen LogP contribution in [-0.4, -0.2) is 11.5 Å². The zero-order valence-corrected chi connectivity index (χ0v) is 7.58. The minimum absolute atomic E-state index is 0.127. The van der Waals surface area contributed by atoms with Crippen LogP contribution in [0.15, 0.2) is 22.9 Å². The maximum Gasteiger partial charge on any atom is 0.110 e. The molecule has 1 heterocycles. The Labute approximate surface area is 73.9 Å². The molecule has 0 fully saturated rings. The summed E-state index contributed by atoms with van der Waals surface area (Å²) in [5, 5.41) is 0. The topological polar surface area (TPSA) is 64.9 Å². The summed E-state index contributed by atoms with van der Waals surface area (Å²) in [6, 6.07) is 3.63. The van der Waals surface area contributed by atoms with Gasteiger partial charge in [-0.1, -0.05) is 6.07 Å². The van der Waals surface area contributed by atoms with Crippen molar-refractivity contribution in [1.29, 1.82) is 0 Å². The van der Waals surface area contributed by atoms with E-state index in [0.717, 1.165) is 10.2 Å². The Bertz CT molecular complexity index is 239. The lowest BCUT2D eigenvalue weighted by atomic mass is 10.1. The Morgan fingerprint density at radius 3 is 2.91 bits per heavy atom. The van der Waals surface area contributed by atoms with E-state index in [1.54, 1.807) is 6.20 Å². The molecule has 0 aliphatic heterocycles. The summed E-state index contributed by atoms with van der Waals surface area (Å²) in [5.74, 6) is 0. The van der Waals surface area contributed by atoms with Crippen molar-refractivity contribution >= 4 is 15.9 Å². The largest absolute Gasteiger partial charge is 0.329 e. The average molecular weight is 216 g/mol. The van der Waals surface area contributed by atoms with E-state index in [9.17, 15) is 0 Å². The molecule has 0 aliphatic carbocycles. The van der Waals surface area contributed by atoms with Crippen LogP contribution in [-0.2, 0) is 0 Å². The number of nitrogens with zero attached hydrogens (tertiary/aromatic N) is 1. The molecule has 0 radical (unpaired) electrons. The van der Waals surface area contributed by atoms with Crippen LogP contribution >= 0.6 is 15.9 Å². The Hall–Kier alpha value is -0.450. The minimum Gasteiger partial charge on any atom is -0.329 e. The number of halogens is 1. The lowest BCUT2D eigenvalue weighted by Crippen LogP contribution is -2.21. The van der Waals surface area contributed by atoms with Gasteiger partial charge in [-0.05, 0) is 22.0 Å². The molecular formula is C7H10BrN3. The summed E-state index contributed by atoms with van der Waals surface area (Å²) in [6.07, 6.45) is 1.71. The van der Waals surface area contributed by atoms with Gasteiger partial charge in [-0.2, -0.15) is 0 Å². The molecule has 0 amide bonds. The van der Waals surface area contributed by atoms with Crippen LogP contribution in [0.3, 0.4) is 0 Å². The van der Waals surface area contributed by atoms with Crippen LogP contribution in [0.1, 0.15) is 11.6 Å². The molecule has 4 heteroatoms. The highest BCUT2D eigenvalue weighted by molar-refractivity contribution is 9.10. The second-order valence-corrected chi connectivity index (χ2v) is 2.98. The summed E-state index contributed by atoms with van der Waals surface area (Å²) in [6.45, 7) is 0.435. The zero-order chi connectivity index (χ0) is 8.27. The number of rotatable bonds is 2. The van der Waals surface area contributed by atoms with E-state index in [0.29, 0.717) is 6.54 Å². The smallest absolute Gasteiger partial charge is 0.110 e. The predicted molar refractivity (Wildman–Crippen MR) is 47.9 cm³/mol. The molecule has 0 aromatic carbocycles. The van der Waals surface area contributed by atoms with E-state index in [-0.39, 0.29) is 6.04 Å². The Balaban J connectivity index is 2.93. The molecule has 0 saturated carbocycles. The number of nitrogens with two attached hydrogens (primary N) is 2. The van der Waals surface area contributed by atoms with Gasteiger partial charge in [-0.25, -0.2) is 4.98 Å². The molecule has 60 valence electrons. The summed E-state index contributed by atoms with van der Waals surface area (Å²) in [4.78, 5) is 4.03.